The first-order valence-corrected chi connectivity index (χ1v) is 6.54. The van der Waals surface area contributed by atoms with Gasteiger partial charge in [0.1, 0.15) is 6.10 Å². The van der Waals surface area contributed by atoms with Gasteiger partial charge in [-0.25, -0.2) is 0 Å². The molecule has 1 atom stereocenters. The van der Waals surface area contributed by atoms with E-state index in [1.54, 1.807) is 0 Å². The predicted octanol–water partition coefficient (Wildman–Crippen LogP) is 2.51. The minimum Gasteiger partial charge on any atom is -0.370 e. The number of nitrogens with zero attached hydrogens (tertiary/aromatic N) is 1. The largest absolute Gasteiger partial charge is 0.370 e. The number of aliphatic imine (C=N–C) groups is 1. The minimum atomic E-state index is 0.117. The number of ether oxygens (including phenoxy) is 1. The van der Waals surface area contributed by atoms with Crippen LogP contribution in [0, 0.1) is 0 Å². The fraction of sp³-hybridized carbons (Fsp3) is 0.357. The summed E-state index contributed by atoms with van der Waals surface area (Å²) in [4.78, 5) is 4.49. The minimum absolute atomic E-state index is 0.117. The molecule has 2 heterocycles. The number of benzene rings is 1. The van der Waals surface area contributed by atoms with Gasteiger partial charge in [0.05, 0.1) is 12.3 Å². The molecule has 18 heavy (non-hydrogen) atoms. The smallest absolute Gasteiger partial charge is 0.108 e. The van der Waals surface area contributed by atoms with E-state index in [1.165, 1.54) is 5.57 Å². The third kappa shape index (κ3) is 2.48. The van der Waals surface area contributed by atoms with Crippen molar-refractivity contribution < 1.29 is 4.74 Å². The Balaban J connectivity index is 1.69. The number of nitrogens with one attached hydrogen (secondary N) is 1. The maximum Gasteiger partial charge on any atom is 0.108 e. The highest BCUT2D eigenvalue weighted by Gasteiger charge is 2.23. The summed E-state index contributed by atoms with van der Waals surface area (Å²) < 4.78 is 5.72. The van der Waals surface area contributed by atoms with Crippen molar-refractivity contribution in [1.82, 2.24) is 5.32 Å². The summed E-state index contributed by atoms with van der Waals surface area (Å²) in [6.07, 6.45) is 2.90. The number of hydrogen-bond acceptors (Lipinski definition) is 3. The quantitative estimate of drug-likeness (QED) is 0.889. The molecule has 1 aromatic carbocycles. The number of allylic oxidation sites excluding steroid dienone is 1. The molecule has 1 N–H and O–H groups in total. The van der Waals surface area contributed by atoms with Gasteiger partial charge < -0.3 is 10.1 Å². The SMILES string of the molecule is Clc1cccc(C2=CN=C(C3CNCCO3)C2)c1. The Hall–Kier alpha value is -1.16. The molecule has 0 radical (unpaired) electrons. The van der Waals surface area contributed by atoms with Crippen LogP contribution in [0.2, 0.25) is 5.02 Å². The second kappa shape index (κ2) is 5.22. The van der Waals surface area contributed by atoms with Gasteiger partial charge in [0.25, 0.3) is 0 Å². The normalized spacial score (nSPS) is 23.7. The maximum absolute atomic E-state index is 6.01. The van der Waals surface area contributed by atoms with Crippen molar-refractivity contribution >= 4 is 22.9 Å². The van der Waals surface area contributed by atoms with Gasteiger partial charge >= 0.3 is 0 Å². The van der Waals surface area contributed by atoms with Crippen LogP contribution in [0.3, 0.4) is 0 Å². The summed E-state index contributed by atoms with van der Waals surface area (Å²) in [6, 6.07) is 7.90. The Bertz CT molecular complexity index is 504. The van der Waals surface area contributed by atoms with E-state index in [9.17, 15) is 0 Å². The van der Waals surface area contributed by atoms with Crippen molar-refractivity contribution in [2.75, 3.05) is 19.7 Å². The van der Waals surface area contributed by atoms with Crippen LogP contribution in [0.1, 0.15) is 12.0 Å². The van der Waals surface area contributed by atoms with E-state index in [1.807, 2.05) is 24.4 Å². The van der Waals surface area contributed by atoms with Crippen LogP contribution >= 0.6 is 11.6 Å². The second-order valence-corrected chi connectivity index (χ2v) is 4.96. The van der Waals surface area contributed by atoms with E-state index in [0.29, 0.717) is 0 Å². The molecule has 2 aliphatic rings. The summed E-state index contributed by atoms with van der Waals surface area (Å²) in [5, 5.41) is 4.09. The molecule has 0 amide bonds. The van der Waals surface area contributed by atoms with Crippen molar-refractivity contribution in [3.63, 3.8) is 0 Å². The van der Waals surface area contributed by atoms with Crippen LogP contribution < -0.4 is 5.32 Å². The van der Waals surface area contributed by atoms with Crippen LogP contribution in [0.4, 0.5) is 0 Å². The van der Waals surface area contributed by atoms with Crippen LogP contribution in [0.25, 0.3) is 5.57 Å². The van der Waals surface area contributed by atoms with E-state index in [4.69, 9.17) is 16.3 Å². The summed E-state index contributed by atoms with van der Waals surface area (Å²) in [7, 11) is 0. The number of morpholine rings is 1. The number of hydrogen-bond donors (Lipinski definition) is 1. The molecule has 1 unspecified atom stereocenters. The molecule has 0 aromatic heterocycles. The molecule has 2 aliphatic heterocycles. The topological polar surface area (TPSA) is 33.6 Å². The standard InChI is InChI=1S/C14H15ClN2O/c15-12-3-1-2-10(6-12)11-7-13(17-8-11)14-9-16-4-5-18-14/h1-3,6,8,14,16H,4-5,7,9H2. The monoisotopic (exact) mass is 262 g/mol. The molecule has 1 saturated heterocycles. The fourth-order valence-corrected chi connectivity index (χ4v) is 2.48. The lowest BCUT2D eigenvalue weighted by Crippen LogP contribution is -2.42. The average molecular weight is 263 g/mol. The van der Waals surface area contributed by atoms with Gasteiger partial charge in [0.2, 0.25) is 0 Å². The van der Waals surface area contributed by atoms with Gasteiger partial charge in [0.15, 0.2) is 0 Å². The molecule has 0 bridgehead atoms. The van der Waals surface area contributed by atoms with Crippen molar-refractivity contribution in [3.05, 3.63) is 41.1 Å². The molecule has 0 saturated carbocycles. The molecular formula is C14H15ClN2O. The van der Waals surface area contributed by atoms with E-state index in [-0.39, 0.29) is 6.10 Å². The van der Waals surface area contributed by atoms with E-state index in [2.05, 4.69) is 16.4 Å². The zero-order valence-corrected chi connectivity index (χ0v) is 10.8. The van der Waals surface area contributed by atoms with E-state index >= 15 is 0 Å². The Kier molecular flexibility index (Phi) is 3.46. The summed E-state index contributed by atoms with van der Waals surface area (Å²) in [6.45, 7) is 2.55. The van der Waals surface area contributed by atoms with Crippen LogP contribution in [-0.2, 0) is 4.74 Å². The summed E-state index contributed by atoms with van der Waals surface area (Å²) in [5.74, 6) is 0. The Labute approximate surface area is 112 Å². The first-order chi connectivity index (χ1) is 8.83. The second-order valence-electron chi connectivity index (χ2n) is 4.53. The molecule has 0 aliphatic carbocycles. The molecule has 94 valence electrons. The third-order valence-electron chi connectivity index (χ3n) is 3.25. The van der Waals surface area contributed by atoms with Crippen LogP contribution in [0.5, 0.6) is 0 Å². The molecule has 4 heteroatoms. The van der Waals surface area contributed by atoms with Gasteiger partial charge in [-0.3, -0.25) is 4.99 Å². The highest BCUT2D eigenvalue weighted by Crippen LogP contribution is 2.27. The highest BCUT2D eigenvalue weighted by atomic mass is 35.5. The van der Waals surface area contributed by atoms with Crippen molar-refractivity contribution in [2.24, 2.45) is 4.99 Å². The molecular weight excluding hydrogens is 248 g/mol. The molecule has 0 spiro atoms. The highest BCUT2D eigenvalue weighted by molar-refractivity contribution is 6.30. The zero-order chi connectivity index (χ0) is 12.4. The van der Waals surface area contributed by atoms with Crippen molar-refractivity contribution in [3.8, 4) is 0 Å². The lowest BCUT2D eigenvalue weighted by atomic mass is 10.0. The average Bonchev–Trinajstić information content (AvgIpc) is 2.89. The Morgan fingerprint density at radius 3 is 3.11 bits per heavy atom. The predicted molar refractivity (Wildman–Crippen MR) is 74.1 cm³/mol. The van der Waals surface area contributed by atoms with Gasteiger partial charge in [-0.05, 0) is 23.3 Å². The zero-order valence-electron chi connectivity index (χ0n) is 10.0. The Morgan fingerprint density at radius 2 is 2.33 bits per heavy atom. The first kappa shape index (κ1) is 11.9. The summed E-state index contributed by atoms with van der Waals surface area (Å²) >= 11 is 6.01. The fourth-order valence-electron chi connectivity index (χ4n) is 2.29. The van der Waals surface area contributed by atoms with Gasteiger partial charge in [-0.2, -0.15) is 0 Å². The molecule has 3 rings (SSSR count). The van der Waals surface area contributed by atoms with Gasteiger partial charge in [0, 0.05) is 30.7 Å². The van der Waals surface area contributed by atoms with Gasteiger partial charge in [-0.1, -0.05) is 23.7 Å². The van der Waals surface area contributed by atoms with Crippen molar-refractivity contribution in [1.29, 1.82) is 0 Å². The lowest BCUT2D eigenvalue weighted by Gasteiger charge is -2.23. The number of rotatable bonds is 2. The lowest BCUT2D eigenvalue weighted by molar-refractivity contribution is 0.0705. The van der Waals surface area contributed by atoms with Crippen LogP contribution in [-0.4, -0.2) is 31.5 Å². The van der Waals surface area contributed by atoms with Crippen LogP contribution in [0.15, 0.2) is 35.5 Å². The number of halogens is 1. The van der Waals surface area contributed by atoms with Gasteiger partial charge in [-0.15, -0.1) is 0 Å². The molecule has 1 aromatic rings. The third-order valence-corrected chi connectivity index (χ3v) is 3.49. The molecule has 3 nitrogen and oxygen atoms in total. The molecule has 1 fully saturated rings. The van der Waals surface area contributed by atoms with E-state index < -0.39 is 0 Å². The van der Waals surface area contributed by atoms with Crippen molar-refractivity contribution in [2.45, 2.75) is 12.5 Å². The summed E-state index contributed by atoms with van der Waals surface area (Å²) in [5.41, 5.74) is 3.46. The van der Waals surface area contributed by atoms with E-state index in [0.717, 1.165) is 42.4 Å². The Morgan fingerprint density at radius 1 is 1.39 bits per heavy atom. The maximum atomic E-state index is 6.01. The first-order valence-electron chi connectivity index (χ1n) is 6.17.